The maximum Gasteiger partial charge on any atom is 0.326 e. The lowest BCUT2D eigenvalue weighted by atomic mass is 9.98. The zero-order valence-electron chi connectivity index (χ0n) is 17.1. The van der Waals surface area contributed by atoms with Crippen LogP contribution in [0.3, 0.4) is 0 Å². The van der Waals surface area contributed by atoms with E-state index in [1.807, 2.05) is 18.2 Å². The summed E-state index contributed by atoms with van der Waals surface area (Å²) in [5, 5.41) is 5.36. The molecule has 31 heavy (non-hydrogen) atoms. The quantitative estimate of drug-likeness (QED) is 0.477. The summed E-state index contributed by atoms with van der Waals surface area (Å²) in [7, 11) is 0. The summed E-state index contributed by atoms with van der Waals surface area (Å²) in [6.07, 6.45) is 3.44. The molecule has 0 aromatic heterocycles. The van der Waals surface area contributed by atoms with Crippen LogP contribution in [0, 0.1) is 0 Å². The van der Waals surface area contributed by atoms with Crippen LogP contribution in [0.2, 0.25) is 0 Å². The van der Waals surface area contributed by atoms with Crippen molar-refractivity contribution in [2.24, 2.45) is 0 Å². The standard InChI is InChI=1S/C21H25N3O7/c25-17(22-8-5-14-3-4-15-16(11-14)30-10-9-29-15)13-31-18(26)12-24-19(27)21(23-20(24)28)6-1-2-7-21/h3-4,11H,1-2,5-10,12-13H2,(H,22,25)(H,23,28). The summed E-state index contributed by atoms with van der Waals surface area (Å²) in [5.74, 6) is -0.273. The van der Waals surface area contributed by atoms with Gasteiger partial charge in [-0.2, -0.15) is 0 Å². The number of amides is 4. The minimum atomic E-state index is -0.872. The largest absolute Gasteiger partial charge is 0.486 e. The summed E-state index contributed by atoms with van der Waals surface area (Å²) >= 11 is 0. The highest BCUT2D eigenvalue weighted by Gasteiger charge is 2.52. The van der Waals surface area contributed by atoms with Crippen LogP contribution in [0.25, 0.3) is 0 Å². The molecule has 1 aromatic rings. The number of hydrogen-bond donors (Lipinski definition) is 2. The number of nitrogens with zero attached hydrogens (tertiary/aromatic N) is 1. The molecule has 2 heterocycles. The molecule has 166 valence electrons. The van der Waals surface area contributed by atoms with Gasteiger partial charge >= 0.3 is 12.0 Å². The second-order valence-corrected chi connectivity index (χ2v) is 7.85. The monoisotopic (exact) mass is 431 g/mol. The molecule has 1 spiro atoms. The molecule has 0 atom stereocenters. The molecule has 0 unspecified atom stereocenters. The molecule has 2 aliphatic heterocycles. The van der Waals surface area contributed by atoms with Crippen LogP contribution >= 0.6 is 0 Å². The number of hydrogen-bond acceptors (Lipinski definition) is 7. The smallest absolute Gasteiger partial charge is 0.326 e. The molecule has 4 rings (SSSR count). The molecule has 2 N–H and O–H groups in total. The summed E-state index contributed by atoms with van der Waals surface area (Å²) < 4.78 is 15.9. The maximum atomic E-state index is 12.5. The Morgan fingerprint density at radius 2 is 1.87 bits per heavy atom. The second kappa shape index (κ2) is 8.83. The summed E-state index contributed by atoms with van der Waals surface area (Å²) in [5.41, 5.74) is 0.101. The number of carbonyl (C=O) groups excluding carboxylic acids is 4. The first-order valence-corrected chi connectivity index (χ1v) is 10.4. The number of nitrogens with one attached hydrogen (secondary N) is 2. The highest BCUT2D eigenvalue weighted by atomic mass is 16.6. The first kappa shape index (κ1) is 21.0. The Morgan fingerprint density at radius 1 is 1.13 bits per heavy atom. The lowest BCUT2D eigenvalue weighted by Crippen LogP contribution is -2.44. The predicted octanol–water partition coefficient (Wildman–Crippen LogP) is 0.524. The van der Waals surface area contributed by atoms with E-state index in [4.69, 9.17) is 14.2 Å². The Bertz CT molecular complexity index is 895. The van der Waals surface area contributed by atoms with Crippen LogP contribution in [0.4, 0.5) is 4.79 Å². The van der Waals surface area contributed by atoms with Crippen molar-refractivity contribution in [3.05, 3.63) is 23.8 Å². The first-order chi connectivity index (χ1) is 15.0. The van der Waals surface area contributed by atoms with Gasteiger partial charge in [-0.25, -0.2) is 4.79 Å². The Balaban J connectivity index is 1.17. The van der Waals surface area contributed by atoms with Gasteiger partial charge in [0.1, 0.15) is 25.3 Å². The van der Waals surface area contributed by atoms with Gasteiger partial charge in [0.2, 0.25) is 0 Å². The highest BCUT2D eigenvalue weighted by Crippen LogP contribution is 2.35. The number of esters is 1. The van der Waals surface area contributed by atoms with Crippen molar-refractivity contribution in [2.75, 3.05) is 32.9 Å². The molecule has 0 bridgehead atoms. The molecule has 1 aromatic carbocycles. The van der Waals surface area contributed by atoms with E-state index < -0.39 is 42.5 Å². The van der Waals surface area contributed by atoms with Crippen molar-refractivity contribution < 1.29 is 33.4 Å². The fourth-order valence-corrected chi connectivity index (χ4v) is 4.10. The van der Waals surface area contributed by atoms with Gasteiger partial charge in [-0.3, -0.25) is 19.3 Å². The van der Waals surface area contributed by atoms with Crippen molar-refractivity contribution in [3.63, 3.8) is 0 Å². The third-order valence-electron chi connectivity index (χ3n) is 5.70. The van der Waals surface area contributed by atoms with Gasteiger partial charge in [0.15, 0.2) is 18.1 Å². The third kappa shape index (κ3) is 4.57. The zero-order chi connectivity index (χ0) is 21.8. The summed E-state index contributed by atoms with van der Waals surface area (Å²) in [6, 6.07) is 5.01. The van der Waals surface area contributed by atoms with Crippen molar-refractivity contribution in [1.82, 2.24) is 15.5 Å². The van der Waals surface area contributed by atoms with Crippen LogP contribution in [0.1, 0.15) is 31.2 Å². The van der Waals surface area contributed by atoms with Crippen LogP contribution in [0.15, 0.2) is 18.2 Å². The average molecular weight is 431 g/mol. The average Bonchev–Trinajstić information content (AvgIpc) is 3.33. The van der Waals surface area contributed by atoms with Gasteiger partial charge in [-0.1, -0.05) is 18.9 Å². The van der Waals surface area contributed by atoms with E-state index in [9.17, 15) is 19.2 Å². The van der Waals surface area contributed by atoms with E-state index in [1.165, 1.54) is 0 Å². The first-order valence-electron chi connectivity index (χ1n) is 10.4. The molecule has 0 radical (unpaired) electrons. The Kier molecular flexibility index (Phi) is 5.97. The van der Waals surface area contributed by atoms with E-state index in [1.54, 1.807) is 0 Å². The molecule has 1 aliphatic carbocycles. The van der Waals surface area contributed by atoms with E-state index in [2.05, 4.69) is 10.6 Å². The van der Waals surface area contributed by atoms with Crippen LogP contribution in [0.5, 0.6) is 11.5 Å². The molecule has 1 saturated heterocycles. The predicted molar refractivity (Wildman–Crippen MR) is 107 cm³/mol. The minimum absolute atomic E-state index is 0.353. The Labute approximate surface area is 179 Å². The van der Waals surface area contributed by atoms with Crippen molar-refractivity contribution in [3.8, 4) is 11.5 Å². The molecule has 4 amide bonds. The van der Waals surface area contributed by atoms with E-state index in [0.29, 0.717) is 50.5 Å². The molecule has 3 aliphatic rings. The topological polar surface area (TPSA) is 123 Å². The van der Waals surface area contributed by atoms with Crippen LogP contribution < -0.4 is 20.1 Å². The second-order valence-electron chi connectivity index (χ2n) is 7.85. The normalized spacial score (nSPS) is 18.8. The molecule has 10 heteroatoms. The van der Waals surface area contributed by atoms with Crippen molar-refractivity contribution in [1.29, 1.82) is 0 Å². The summed E-state index contributed by atoms with van der Waals surface area (Å²) in [4.78, 5) is 49.4. The van der Waals surface area contributed by atoms with E-state index in [0.717, 1.165) is 23.3 Å². The van der Waals surface area contributed by atoms with E-state index in [-0.39, 0.29) is 0 Å². The zero-order valence-corrected chi connectivity index (χ0v) is 17.1. The Hall–Kier alpha value is -3.30. The molecular formula is C21H25N3O7. The number of ether oxygens (including phenoxy) is 3. The van der Waals surface area contributed by atoms with Crippen molar-refractivity contribution in [2.45, 2.75) is 37.6 Å². The van der Waals surface area contributed by atoms with Crippen LogP contribution in [-0.2, 0) is 25.5 Å². The SMILES string of the molecule is O=C(COC(=O)CN1C(=O)NC2(CCCC2)C1=O)NCCc1ccc2c(c1)OCCO2. The maximum absolute atomic E-state index is 12.5. The lowest BCUT2D eigenvalue weighted by Gasteiger charge is -2.19. The van der Waals surface area contributed by atoms with Gasteiger partial charge in [0.25, 0.3) is 11.8 Å². The molecular weight excluding hydrogens is 406 g/mol. The number of urea groups is 1. The number of imide groups is 1. The lowest BCUT2D eigenvalue weighted by molar-refractivity contribution is -0.151. The summed E-state index contributed by atoms with van der Waals surface area (Å²) in [6.45, 7) is 0.403. The molecule has 10 nitrogen and oxygen atoms in total. The Morgan fingerprint density at radius 3 is 2.65 bits per heavy atom. The number of rotatable bonds is 7. The fourth-order valence-electron chi connectivity index (χ4n) is 4.10. The highest BCUT2D eigenvalue weighted by molar-refractivity contribution is 6.08. The number of benzene rings is 1. The molecule has 1 saturated carbocycles. The van der Waals surface area contributed by atoms with Gasteiger partial charge in [-0.05, 0) is 37.0 Å². The number of carbonyl (C=O) groups is 4. The van der Waals surface area contributed by atoms with Gasteiger partial charge in [0, 0.05) is 6.54 Å². The minimum Gasteiger partial charge on any atom is -0.486 e. The number of fused-ring (bicyclic) bond motifs is 1. The van der Waals surface area contributed by atoms with Gasteiger partial charge in [-0.15, -0.1) is 0 Å². The fraction of sp³-hybridized carbons (Fsp3) is 0.524. The van der Waals surface area contributed by atoms with Crippen molar-refractivity contribution >= 4 is 23.8 Å². The molecule has 2 fully saturated rings. The van der Waals surface area contributed by atoms with Crippen LogP contribution in [-0.4, -0.2) is 67.2 Å². The van der Waals surface area contributed by atoms with E-state index >= 15 is 0 Å². The third-order valence-corrected chi connectivity index (χ3v) is 5.70. The van der Waals surface area contributed by atoms with Gasteiger partial charge in [0.05, 0.1) is 0 Å². The van der Waals surface area contributed by atoms with Gasteiger partial charge < -0.3 is 24.8 Å².